The van der Waals surface area contributed by atoms with E-state index in [1.165, 1.54) is 23.9 Å². The second-order valence-electron chi connectivity index (χ2n) is 4.00. The van der Waals surface area contributed by atoms with E-state index in [2.05, 4.69) is 21.1 Å². The van der Waals surface area contributed by atoms with Gasteiger partial charge in [-0.2, -0.15) is 0 Å². The van der Waals surface area contributed by atoms with Crippen LogP contribution in [0.4, 0.5) is 4.39 Å². The van der Waals surface area contributed by atoms with E-state index in [9.17, 15) is 4.39 Å². The number of rotatable bonds is 4. The number of thioether (sulfide) groups is 1. The minimum Gasteiger partial charge on any atom is -0.453 e. The second kappa shape index (κ2) is 6.82. The molecule has 2 aromatic rings. The molecule has 0 unspecified atom stereocenters. The number of hydrogen-bond acceptors (Lipinski definition) is 4. The van der Waals surface area contributed by atoms with Crippen LogP contribution >= 0.6 is 27.7 Å². The van der Waals surface area contributed by atoms with Crippen molar-refractivity contribution >= 4 is 33.5 Å². The molecule has 0 radical (unpaired) electrons. The van der Waals surface area contributed by atoms with Gasteiger partial charge in [0.1, 0.15) is 5.75 Å². The second-order valence-corrected chi connectivity index (χ2v) is 5.76. The van der Waals surface area contributed by atoms with Crippen LogP contribution in [0.5, 0.6) is 11.5 Å². The van der Waals surface area contributed by atoms with Crippen LogP contribution in [-0.4, -0.2) is 17.3 Å². The summed E-state index contributed by atoms with van der Waals surface area (Å²) in [6.07, 6.45) is 1.85. The van der Waals surface area contributed by atoms with Crippen LogP contribution in [0.15, 0.2) is 50.9 Å². The molecule has 0 aliphatic rings. The minimum absolute atomic E-state index is 0.0587. The number of benzene rings is 2. The van der Waals surface area contributed by atoms with Gasteiger partial charge in [-0.1, -0.05) is 27.2 Å². The summed E-state index contributed by atoms with van der Waals surface area (Å²) in [5, 5.41) is 11.9. The van der Waals surface area contributed by atoms with Crippen molar-refractivity contribution in [3.63, 3.8) is 0 Å². The average Bonchev–Trinajstić information content (AvgIpc) is 2.49. The van der Waals surface area contributed by atoms with E-state index < -0.39 is 5.82 Å². The van der Waals surface area contributed by atoms with Gasteiger partial charge in [0.05, 0.1) is 5.56 Å². The molecule has 110 valence electrons. The lowest BCUT2D eigenvalue weighted by Crippen LogP contribution is -2.15. The molecule has 0 aliphatic carbocycles. The van der Waals surface area contributed by atoms with Crippen molar-refractivity contribution in [2.45, 2.75) is 4.90 Å². The fraction of sp³-hybridized carbons (Fsp3) is 0.0714. The number of hydrogen-bond donors (Lipinski definition) is 2. The first-order valence-electron chi connectivity index (χ1n) is 5.84. The van der Waals surface area contributed by atoms with Gasteiger partial charge in [-0.05, 0) is 36.6 Å². The van der Waals surface area contributed by atoms with E-state index in [0.717, 1.165) is 4.90 Å². The molecule has 0 bridgehead atoms. The molecular formula is C14H12BrFN2O2S. The van der Waals surface area contributed by atoms with E-state index in [1.807, 2.05) is 12.3 Å². The van der Waals surface area contributed by atoms with Gasteiger partial charge in [0.2, 0.25) is 0 Å². The SMILES string of the molecule is CSc1cccc(Oc2ccc(Br)cc2F)c1/C(N)=N/O. The molecule has 2 rings (SSSR count). The summed E-state index contributed by atoms with van der Waals surface area (Å²) in [6, 6.07) is 9.67. The average molecular weight is 371 g/mol. The zero-order chi connectivity index (χ0) is 15.4. The predicted octanol–water partition coefficient (Wildman–Crippen LogP) is 4.20. The molecular weight excluding hydrogens is 359 g/mol. The standard InChI is InChI=1S/C14H12BrFN2O2S/c1-21-12-4-2-3-11(13(12)14(17)18-19)20-10-6-5-8(15)7-9(10)16/h2-7,19H,1H3,(H2,17,18). The van der Waals surface area contributed by atoms with Crippen LogP contribution in [-0.2, 0) is 0 Å². The van der Waals surface area contributed by atoms with Crippen LogP contribution in [0.3, 0.4) is 0 Å². The molecule has 0 amide bonds. The van der Waals surface area contributed by atoms with Gasteiger partial charge in [-0.15, -0.1) is 11.8 Å². The summed E-state index contributed by atoms with van der Waals surface area (Å²) < 4.78 is 20.1. The topological polar surface area (TPSA) is 67.8 Å². The van der Waals surface area contributed by atoms with Gasteiger partial charge in [0.15, 0.2) is 17.4 Å². The van der Waals surface area contributed by atoms with Crippen molar-refractivity contribution in [2.24, 2.45) is 10.9 Å². The third kappa shape index (κ3) is 3.48. The van der Waals surface area contributed by atoms with Crippen LogP contribution < -0.4 is 10.5 Å². The van der Waals surface area contributed by atoms with Crippen LogP contribution in [0.1, 0.15) is 5.56 Å². The van der Waals surface area contributed by atoms with E-state index in [0.29, 0.717) is 15.8 Å². The predicted molar refractivity (Wildman–Crippen MR) is 84.9 cm³/mol. The summed E-state index contributed by atoms with van der Waals surface area (Å²) in [5.74, 6) is -0.223. The first-order valence-corrected chi connectivity index (χ1v) is 7.86. The Morgan fingerprint density at radius 2 is 2.10 bits per heavy atom. The molecule has 7 heteroatoms. The summed E-state index contributed by atoms with van der Waals surface area (Å²) in [7, 11) is 0. The monoisotopic (exact) mass is 370 g/mol. The fourth-order valence-electron chi connectivity index (χ4n) is 1.75. The smallest absolute Gasteiger partial charge is 0.175 e. The lowest BCUT2D eigenvalue weighted by atomic mass is 10.2. The molecule has 3 N–H and O–H groups in total. The van der Waals surface area contributed by atoms with Crippen molar-refractivity contribution in [3.8, 4) is 11.5 Å². The van der Waals surface area contributed by atoms with Crippen LogP contribution in [0.25, 0.3) is 0 Å². The highest BCUT2D eigenvalue weighted by Gasteiger charge is 2.15. The first-order chi connectivity index (χ1) is 10.1. The van der Waals surface area contributed by atoms with Crippen LogP contribution in [0, 0.1) is 5.82 Å². The molecule has 2 aromatic carbocycles. The van der Waals surface area contributed by atoms with E-state index in [4.69, 9.17) is 15.7 Å². The molecule has 0 heterocycles. The Hall–Kier alpha value is -1.73. The highest BCUT2D eigenvalue weighted by atomic mass is 79.9. The molecule has 0 fully saturated rings. The lowest BCUT2D eigenvalue weighted by Gasteiger charge is -2.13. The van der Waals surface area contributed by atoms with Crippen molar-refractivity contribution in [3.05, 3.63) is 52.3 Å². The molecule has 0 aliphatic heterocycles. The van der Waals surface area contributed by atoms with Crippen molar-refractivity contribution in [1.82, 2.24) is 0 Å². The molecule has 0 atom stereocenters. The Morgan fingerprint density at radius 3 is 2.71 bits per heavy atom. The van der Waals surface area contributed by atoms with Gasteiger partial charge in [-0.25, -0.2) is 4.39 Å². The van der Waals surface area contributed by atoms with Crippen molar-refractivity contribution < 1.29 is 14.3 Å². The minimum atomic E-state index is -0.510. The molecule has 0 aromatic heterocycles. The molecule has 21 heavy (non-hydrogen) atoms. The van der Waals surface area contributed by atoms with Gasteiger partial charge in [0.25, 0.3) is 0 Å². The molecule has 0 spiro atoms. The maximum absolute atomic E-state index is 13.9. The Morgan fingerprint density at radius 1 is 1.33 bits per heavy atom. The number of nitrogens with zero attached hydrogens (tertiary/aromatic N) is 1. The summed E-state index contributed by atoms with van der Waals surface area (Å²) in [4.78, 5) is 0.764. The number of ether oxygens (including phenoxy) is 1. The number of amidine groups is 1. The van der Waals surface area contributed by atoms with Crippen molar-refractivity contribution in [2.75, 3.05) is 6.26 Å². The fourth-order valence-corrected chi connectivity index (χ4v) is 2.70. The highest BCUT2D eigenvalue weighted by molar-refractivity contribution is 9.10. The first kappa shape index (κ1) is 15.7. The molecule has 4 nitrogen and oxygen atoms in total. The van der Waals surface area contributed by atoms with Gasteiger partial charge in [-0.3, -0.25) is 0 Å². The maximum atomic E-state index is 13.9. The Kier molecular flexibility index (Phi) is 5.08. The Labute approximate surface area is 133 Å². The Balaban J connectivity index is 2.49. The third-order valence-electron chi connectivity index (χ3n) is 2.69. The van der Waals surface area contributed by atoms with Gasteiger partial charge >= 0.3 is 0 Å². The quantitative estimate of drug-likeness (QED) is 0.278. The van der Waals surface area contributed by atoms with E-state index in [-0.39, 0.29) is 11.6 Å². The van der Waals surface area contributed by atoms with Gasteiger partial charge in [0, 0.05) is 9.37 Å². The van der Waals surface area contributed by atoms with Gasteiger partial charge < -0.3 is 15.7 Å². The number of nitrogens with two attached hydrogens (primary N) is 1. The lowest BCUT2D eigenvalue weighted by molar-refractivity contribution is 0.318. The number of oxime groups is 1. The maximum Gasteiger partial charge on any atom is 0.175 e. The summed E-state index contributed by atoms with van der Waals surface area (Å²) >= 11 is 4.60. The third-order valence-corrected chi connectivity index (χ3v) is 3.96. The zero-order valence-corrected chi connectivity index (χ0v) is 13.4. The molecule has 0 saturated heterocycles. The Bertz CT molecular complexity index is 695. The van der Waals surface area contributed by atoms with E-state index >= 15 is 0 Å². The summed E-state index contributed by atoms with van der Waals surface area (Å²) in [6.45, 7) is 0. The normalized spacial score (nSPS) is 11.5. The number of halogens is 2. The van der Waals surface area contributed by atoms with Crippen LogP contribution in [0.2, 0.25) is 0 Å². The van der Waals surface area contributed by atoms with E-state index in [1.54, 1.807) is 18.2 Å². The van der Waals surface area contributed by atoms with Crippen molar-refractivity contribution in [1.29, 1.82) is 0 Å². The largest absolute Gasteiger partial charge is 0.453 e. The highest BCUT2D eigenvalue weighted by Crippen LogP contribution is 2.33. The zero-order valence-electron chi connectivity index (χ0n) is 11.0. The molecule has 0 saturated carbocycles. The summed E-state index contributed by atoms with van der Waals surface area (Å²) in [5.41, 5.74) is 6.12.